The van der Waals surface area contributed by atoms with Crippen LogP contribution in [-0.2, 0) is 4.74 Å². The van der Waals surface area contributed by atoms with Crippen LogP contribution in [0.15, 0.2) is 36.4 Å². The molecule has 2 aromatic rings. The average Bonchev–Trinajstić information content (AvgIpc) is 2.35. The summed E-state index contributed by atoms with van der Waals surface area (Å²) in [6.45, 7) is 5.43. The zero-order chi connectivity index (χ0) is 14.8. The van der Waals surface area contributed by atoms with Crippen molar-refractivity contribution in [2.24, 2.45) is 0 Å². The molecule has 0 aromatic heterocycles. The zero-order valence-corrected chi connectivity index (χ0v) is 11.8. The Hall–Kier alpha value is -2.36. The van der Waals surface area contributed by atoms with E-state index in [0.29, 0.717) is 11.3 Å². The van der Waals surface area contributed by atoms with E-state index in [1.54, 1.807) is 12.1 Å². The Balaban J connectivity index is 2.25. The highest BCUT2D eigenvalue weighted by molar-refractivity contribution is 6.00. The molecule has 4 heteroatoms. The fourth-order valence-electron chi connectivity index (χ4n) is 1.91. The summed E-state index contributed by atoms with van der Waals surface area (Å²) < 4.78 is 5.19. The minimum absolute atomic E-state index is 0.497. The second kappa shape index (κ2) is 5.33. The highest BCUT2D eigenvalue weighted by atomic mass is 16.6. The van der Waals surface area contributed by atoms with Crippen molar-refractivity contribution in [3.8, 4) is 0 Å². The van der Waals surface area contributed by atoms with Crippen molar-refractivity contribution in [1.29, 1.82) is 0 Å². The Morgan fingerprint density at radius 1 is 1.20 bits per heavy atom. The topological polar surface area (TPSA) is 55.4 Å². The van der Waals surface area contributed by atoms with Gasteiger partial charge in [0.05, 0.1) is 0 Å². The molecule has 0 saturated carbocycles. The predicted octanol–water partition coefficient (Wildman–Crippen LogP) is 4.00. The Morgan fingerprint density at radius 3 is 2.60 bits per heavy atom. The maximum absolute atomic E-state index is 11.7. The lowest BCUT2D eigenvalue weighted by Crippen LogP contribution is -2.27. The molecule has 0 spiro atoms. The molecule has 0 aliphatic rings. The van der Waals surface area contributed by atoms with Gasteiger partial charge in [-0.2, -0.15) is 0 Å². The van der Waals surface area contributed by atoms with Gasteiger partial charge in [-0.3, -0.25) is 10.1 Å². The van der Waals surface area contributed by atoms with Gasteiger partial charge in [0.15, 0.2) is 6.29 Å². The van der Waals surface area contributed by atoms with E-state index in [1.165, 1.54) is 0 Å². The first kappa shape index (κ1) is 14.1. The second-order valence-corrected chi connectivity index (χ2v) is 5.53. The Morgan fingerprint density at radius 2 is 1.95 bits per heavy atom. The standard InChI is InChI=1S/C16H17NO3/c1-16(2,3)20-15(19)17-13-7-8-14-11(9-13)5-4-6-12(14)10-18/h4-10H,1-3H3,(H,17,19). The molecule has 0 unspecified atom stereocenters. The summed E-state index contributed by atoms with van der Waals surface area (Å²) in [4.78, 5) is 22.6. The maximum Gasteiger partial charge on any atom is 0.412 e. The molecule has 0 heterocycles. The molecule has 0 radical (unpaired) electrons. The molecule has 0 atom stereocenters. The number of anilines is 1. The first-order valence-electron chi connectivity index (χ1n) is 6.37. The van der Waals surface area contributed by atoms with Gasteiger partial charge in [-0.05, 0) is 43.7 Å². The third-order valence-electron chi connectivity index (χ3n) is 2.69. The summed E-state index contributed by atoms with van der Waals surface area (Å²) in [5.74, 6) is 0. The molecule has 1 amide bonds. The fourth-order valence-corrected chi connectivity index (χ4v) is 1.91. The van der Waals surface area contributed by atoms with Crippen molar-refractivity contribution in [2.45, 2.75) is 26.4 Å². The van der Waals surface area contributed by atoms with Crippen LogP contribution in [-0.4, -0.2) is 18.0 Å². The van der Waals surface area contributed by atoms with Crippen molar-refractivity contribution in [3.05, 3.63) is 42.0 Å². The first-order valence-corrected chi connectivity index (χ1v) is 6.37. The van der Waals surface area contributed by atoms with Crippen LogP contribution in [0.5, 0.6) is 0 Å². The number of carbonyl (C=O) groups excluding carboxylic acids is 2. The van der Waals surface area contributed by atoms with Gasteiger partial charge >= 0.3 is 6.09 Å². The number of benzene rings is 2. The average molecular weight is 271 g/mol. The van der Waals surface area contributed by atoms with E-state index in [1.807, 2.05) is 45.0 Å². The Labute approximate surface area is 117 Å². The molecule has 2 rings (SSSR count). The number of carbonyl (C=O) groups is 2. The number of ether oxygens (including phenoxy) is 1. The Kier molecular flexibility index (Phi) is 3.74. The van der Waals surface area contributed by atoms with Crippen molar-refractivity contribution in [3.63, 3.8) is 0 Å². The lowest BCUT2D eigenvalue weighted by Gasteiger charge is -2.19. The van der Waals surface area contributed by atoms with Crippen LogP contribution in [0.4, 0.5) is 10.5 Å². The summed E-state index contributed by atoms with van der Waals surface area (Å²) in [5, 5.41) is 4.43. The van der Waals surface area contributed by atoms with E-state index in [9.17, 15) is 9.59 Å². The SMILES string of the molecule is CC(C)(C)OC(=O)Nc1ccc2c(C=O)cccc2c1. The van der Waals surface area contributed by atoms with Crippen molar-refractivity contribution < 1.29 is 14.3 Å². The Bertz CT molecular complexity index is 656. The van der Waals surface area contributed by atoms with Gasteiger partial charge in [0, 0.05) is 11.3 Å². The number of aldehydes is 1. The van der Waals surface area contributed by atoms with E-state index in [0.717, 1.165) is 17.1 Å². The van der Waals surface area contributed by atoms with Gasteiger partial charge in [-0.1, -0.05) is 24.3 Å². The first-order chi connectivity index (χ1) is 9.39. The van der Waals surface area contributed by atoms with Crippen molar-refractivity contribution >= 4 is 28.8 Å². The second-order valence-electron chi connectivity index (χ2n) is 5.53. The highest BCUT2D eigenvalue weighted by Gasteiger charge is 2.16. The van der Waals surface area contributed by atoms with Gasteiger partial charge < -0.3 is 4.74 Å². The monoisotopic (exact) mass is 271 g/mol. The van der Waals surface area contributed by atoms with Crippen LogP contribution in [0.2, 0.25) is 0 Å². The molecule has 104 valence electrons. The maximum atomic E-state index is 11.7. The molecule has 0 aliphatic carbocycles. The zero-order valence-electron chi connectivity index (χ0n) is 11.8. The smallest absolute Gasteiger partial charge is 0.412 e. The number of hydrogen-bond acceptors (Lipinski definition) is 3. The lowest BCUT2D eigenvalue weighted by atomic mass is 10.0. The van der Waals surface area contributed by atoms with Gasteiger partial charge in [0.1, 0.15) is 5.60 Å². The van der Waals surface area contributed by atoms with E-state index in [2.05, 4.69) is 5.32 Å². The van der Waals surface area contributed by atoms with Gasteiger partial charge in [-0.25, -0.2) is 4.79 Å². The van der Waals surface area contributed by atoms with E-state index < -0.39 is 11.7 Å². The summed E-state index contributed by atoms with van der Waals surface area (Å²) in [6, 6.07) is 10.8. The number of nitrogens with one attached hydrogen (secondary N) is 1. The van der Waals surface area contributed by atoms with Crippen LogP contribution < -0.4 is 5.32 Å². The van der Waals surface area contributed by atoms with Crippen LogP contribution in [0.25, 0.3) is 10.8 Å². The number of hydrogen-bond donors (Lipinski definition) is 1. The predicted molar refractivity (Wildman–Crippen MR) is 79.2 cm³/mol. The molecule has 0 fully saturated rings. The summed E-state index contributed by atoms with van der Waals surface area (Å²) in [6.07, 6.45) is 0.326. The molecule has 20 heavy (non-hydrogen) atoms. The largest absolute Gasteiger partial charge is 0.444 e. The van der Waals surface area contributed by atoms with Crippen LogP contribution in [0.1, 0.15) is 31.1 Å². The quantitative estimate of drug-likeness (QED) is 0.840. The van der Waals surface area contributed by atoms with Gasteiger partial charge in [0.2, 0.25) is 0 Å². The summed E-state index contributed by atoms with van der Waals surface area (Å²) in [7, 11) is 0. The lowest BCUT2D eigenvalue weighted by molar-refractivity contribution is 0.0636. The van der Waals surface area contributed by atoms with Gasteiger partial charge in [0.25, 0.3) is 0 Å². The summed E-state index contributed by atoms with van der Waals surface area (Å²) >= 11 is 0. The number of fused-ring (bicyclic) bond motifs is 1. The summed E-state index contributed by atoms with van der Waals surface area (Å²) in [5.41, 5.74) is 0.729. The molecule has 0 bridgehead atoms. The number of amides is 1. The fraction of sp³-hybridized carbons (Fsp3) is 0.250. The van der Waals surface area contributed by atoms with Crippen LogP contribution >= 0.6 is 0 Å². The molecule has 0 aliphatic heterocycles. The van der Waals surface area contributed by atoms with E-state index >= 15 is 0 Å². The highest BCUT2D eigenvalue weighted by Crippen LogP contribution is 2.22. The third-order valence-corrected chi connectivity index (χ3v) is 2.69. The minimum atomic E-state index is -0.536. The molecule has 4 nitrogen and oxygen atoms in total. The normalized spacial score (nSPS) is 11.2. The molecule has 2 aromatic carbocycles. The van der Waals surface area contributed by atoms with Crippen molar-refractivity contribution in [1.82, 2.24) is 0 Å². The molecular formula is C16H17NO3. The number of rotatable bonds is 2. The van der Waals surface area contributed by atoms with Crippen LogP contribution in [0, 0.1) is 0 Å². The molecule has 0 saturated heterocycles. The minimum Gasteiger partial charge on any atom is -0.444 e. The van der Waals surface area contributed by atoms with Gasteiger partial charge in [-0.15, -0.1) is 0 Å². The molecular weight excluding hydrogens is 254 g/mol. The third kappa shape index (κ3) is 3.35. The van der Waals surface area contributed by atoms with Crippen molar-refractivity contribution in [2.75, 3.05) is 5.32 Å². The van der Waals surface area contributed by atoms with E-state index in [4.69, 9.17) is 4.74 Å². The van der Waals surface area contributed by atoms with Crippen LogP contribution in [0.3, 0.4) is 0 Å². The van der Waals surface area contributed by atoms with E-state index in [-0.39, 0.29) is 0 Å². The molecule has 1 N–H and O–H groups in total.